The van der Waals surface area contributed by atoms with Crippen molar-refractivity contribution in [3.05, 3.63) is 71.4 Å². The average molecular weight is 212 g/mol. The van der Waals surface area contributed by atoms with E-state index in [-0.39, 0.29) is 0 Å². The van der Waals surface area contributed by atoms with Crippen LogP contribution in [0.25, 0.3) is 0 Å². The number of allylic oxidation sites excluding steroid dienone is 12. The Labute approximate surface area is 99.1 Å². The van der Waals surface area contributed by atoms with Gasteiger partial charge in [-0.3, -0.25) is 0 Å². The lowest BCUT2D eigenvalue weighted by molar-refractivity contribution is 1.29. The van der Waals surface area contributed by atoms with Crippen LogP contribution < -0.4 is 0 Å². The third kappa shape index (κ3) is 3.90. The lowest BCUT2D eigenvalue weighted by Gasteiger charge is -1.98. The largest absolute Gasteiger partial charge is 0.0877 e. The van der Waals surface area contributed by atoms with Crippen molar-refractivity contribution in [2.24, 2.45) is 0 Å². The summed E-state index contributed by atoms with van der Waals surface area (Å²) in [7, 11) is 0. The van der Waals surface area contributed by atoms with Gasteiger partial charge in [0, 0.05) is 0 Å². The van der Waals surface area contributed by atoms with Crippen LogP contribution in [0.15, 0.2) is 71.4 Å². The molecule has 0 spiro atoms. The molecule has 1 aliphatic carbocycles. The molecule has 0 amide bonds. The molecule has 0 atom stereocenters. The van der Waals surface area contributed by atoms with E-state index in [9.17, 15) is 0 Å². The first kappa shape index (κ1) is 12.5. The Kier molecular flexibility index (Phi) is 5.35. The van der Waals surface area contributed by atoms with Gasteiger partial charge in [0.2, 0.25) is 0 Å². The number of hydrogen-bond acceptors (Lipinski definition) is 0. The van der Waals surface area contributed by atoms with Crippen LogP contribution >= 0.6 is 0 Å². The van der Waals surface area contributed by atoms with E-state index in [4.69, 9.17) is 0 Å². The summed E-state index contributed by atoms with van der Waals surface area (Å²) in [6, 6.07) is 0. The topological polar surface area (TPSA) is 0 Å². The summed E-state index contributed by atoms with van der Waals surface area (Å²) < 4.78 is 0. The highest BCUT2D eigenvalue weighted by Crippen LogP contribution is 2.22. The van der Waals surface area contributed by atoms with Gasteiger partial charge in [0.15, 0.2) is 0 Å². The molecular formula is C16H20. The lowest BCUT2D eigenvalue weighted by atomic mass is 10.1. The molecule has 0 aromatic heterocycles. The Hall–Kier alpha value is -1.56. The van der Waals surface area contributed by atoms with Gasteiger partial charge in [0.25, 0.3) is 0 Å². The molecule has 0 aliphatic heterocycles. The van der Waals surface area contributed by atoms with Gasteiger partial charge in [-0.25, -0.2) is 0 Å². The van der Waals surface area contributed by atoms with Crippen LogP contribution in [-0.4, -0.2) is 0 Å². The Morgan fingerprint density at radius 1 is 1.19 bits per heavy atom. The van der Waals surface area contributed by atoms with E-state index in [0.717, 1.165) is 6.42 Å². The van der Waals surface area contributed by atoms with Crippen molar-refractivity contribution in [1.29, 1.82) is 0 Å². The molecule has 16 heavy (non-hydrogen) atoms. The van der Waals surface area contributed by atoms with Crippen LogP contribution in [0.1, 0.15) is 27.2 Å². The van der Waals surface area contributed by atoms with Gasteiger partial charge in [-0.05, 0) is 38.3 Å². The van der Waals surface area contributed by atoms with Gasteiger partial charge < -0.3 is 0 Å². The molecule has 0 aromatic carbocycles. The monoisotopic (exact) mass is 212 g/mol. The van der Waals surface area contributed by atoms with Gasteiger partial charge in [0.05, 0.1) is 0 Å². The summed E-state index contributed by atoms with van der Waals surface area (Å²) in [6.45, 7) is 6.21. The highest BCUT2D eigenvalue weighted by Gasteiger charge is 2.03. The van der Waals surface area contributed by atoms with Crippen LogP contribution in [0.5, 0.6) is 0 Å². The van der Waals surface area contributed by atoms with E-state index in [0.29, 0.717) is 0 Å². The molecule has 0 nitrogen and oxygen atoms in total. The fourth-order valence-corrected chi connectivity index (χ4v) is 1.70. The van der Waals surface area contributed by atoms with Crippen molar-refractivity contribution in [3.8, 4) is 0 Å². The maximum absolute atomic E-state index is 2.26. The fourth-order valence-electron chi connectivity index (χ4n) is 1.70. The third-order valence-electron chi connectivity index (χ3n) is 2.42. The zero-order chi connectivity index (χ0) is 11.8. The van der Waals surface area contributed by atoms with Crippen molar-refractivity contribution in [1.82, 2.24) is 0 Å². The van der Waals surface area contributed by atoms with E-state index >= 15 is 0 Å². The summed E-state index contributed by atoms with van der Waals surface area (Å²) in [4.78, 5) is 0. The Morgan fingerprint density at radius 3 is 2.69 bits per heavy atom. The van der Waals surface area contributed by atoms with Gasteiger partial charge in [-0.1, -0.05) is 60.3 Å². The zero-order valence-electron chi connectivity index (χ0n) is 10.4. The van der Waals surface area contributed by atoms with Gasteiger partial charge in [-0.15, -0.1) is 0 Å². The van der Waals surface area contributed by atoms with E-state index in [1.165, 1.54) is 16.7 Å². The minimum absolute atomic E-state index is 1.05. The second-order valence-electron chi connectivity index (χ2n) is 3.86. The smallest absolute Gasteiger partial charge is 0.00881 e. The second-order valence-corrected chi connectivity index (χ2v) is 3.86. The normalized spacial score (nSPS) is 17.8. The molecule has 0 unspecified atom stereocenters. The summed E-state index contributed by atoms with van der Waals surface area (Å²) in [6.07, 6.45) is 20.3. The first-order valence-corrected chi connectivity index (χ1v) is 5.78. The summed E-state index contributed by atoms with van der Waals surface area (Å²) in [5, 5.41) is 0. The van der Waals surface area contributed by atoms with Crippen LogP contribution in [0.3, 0.4) is 0 Å². The minimum atomic E-state index is 1.05. The van der Waals surface area contributed by atoms with Crippen molar-refractivity contribution >= 4 is 0 Å². The van der Waals surface area contributed by atoms with E-state index < -0.39 is 0 Å². The Balaban J connectivity index is 2.85. The van der Waals surface area contributed by atoms with Crippen LogP contribution in [0.4, 0.5) is 0 Å². The molecule has 0 N–H and O–H groups in total. The molecular weight excluding hydrogens is 192 g/mol. The van der Waals surface area contributed by atoms with Gasteiger partial charge in [-0.2, -0.15) is 0 Å². The highest BCUT2D eigenvalue weighted by atomic mass is 14.1. The zero-order valence-corrected chi connectivity index (χ0v) is 10.4. The minimum Gasteiger partial charge on any atom is -0.0877 e. The summed E-state index contributed by atoms with van der Waals surface area (Å²) >= 11 is 0. The molecule has 1 aliphatic rings. The molecule has 0 fully saturated rings. The standard InChI is InChI=1S/C16H20/c1-4-6-7-10-15-11-8-12-16(15)13-14(3)9-5-2/h4-11,13H,12H2,1-3H3. The van der Waals surface area contributed by atoms with Crippen molar-refractivity contribution < 1.29 is 0 Å². The first-order valence-electron chi connectivity index (χ1n) is 5.78. The van der Waals surface area contributed by atoms with E-state index in [2.05, 4.69) is 55.5 Å². The number of hydrogen-bond donors (Lipinski definition) is 0. The predicted octanol–water partition coefficient (Wildman–Crippen LogP) is 4.90. The van der Waals surface area contributed by atoms with Crippen molar-refractivity contribution in [2.75, 3.05) is 0 Å². The van der Waals surface area contributed by atoms with Gasteiger partial charge in [0.1, 0.15) is 0 Å². The number of rotatable bonds is 4. The molecule has 0 heterocycles. The second kappa shape index (κ2) is 6.84. The molecule has 0 radical (unpaired) electrons. The Bertz CT molecular complexity index is 396. The quantitative estimate of drug-likeness (QED) is 0.581. The van der Waals surface area contributed by atoms with Gasteiger partial charge >= 0.3 is 0 Å². The van der Waals surface area contributed by atoms with Crippen LogP contribution in [0, 0.1) is 0 Å². The average Bonchev–Trinajstić information content (AvgIpc) is 2.66. The van der Waals surface area contributed by atoms with E-state index in [1.54, 1.807) is 0 Å². The van der Waals surface area contributed by atoms with Crippen LogP contribution in [0.2, 0.25) is 0 Å². The summed E-state index contributed by atoms with van der Waals surface area (Å²) in [5.41, 5.74) is 4.02. The third-order valence-corrected chi connectivity index (χ3v) is 2.42. The van der Waals surface area contributed by atoms with E-state index in [1.807, 2.05) is 19.9 Å². The lowest BCUT2D eigenvalue weighted by Crippen LogP contribution is -1.79. The maximum atomic E-state index is 2.26. The molecule has 0 heteroatoms. The molecule has 0 saturated heterocycles. The van der Waals surface area contributed by atoms with Crippen molar-refractivity contribution in [3.63, 3.8) is 0 Å². The fraction of sp³-hybridized carbons (Fsp3) is 0.250. The Morgan fingerprint density at radius 2 is 2.00 bits per heavy atom. The highest BCUT2D eigenvalue weighted by molar-refractivity contribution is 5.48. The summed E-state index contributed by atoms with van der Waals surface area (Å²) in [5.74, 6) is 0. The molecule has 0 bridgehead atoms. The SMILES string of the molecule is CC=CC=CC1=C(C=C(C)C=CC)CC=C1. The van der Waals surface area contributed by atoms with Crippen molar-refractivity contribution in [2.45, 2.75) is 27.2 Å². The molecule has 84 valence electrons. The molecule has 0 aromatic rings. The van der Waals surface area contributed by atoms with Crippen LogP contribution in [-0.2, 0) is 0 Å². The predicted molar refractivity (Wildman–Crippen MR) is 73.3 cm³/mol. The first-order chi connectivity index (χ1) is 7.77. The molecule has 0 saturated carbocycles. The maximum Gasteiger partial charge on any atom is -0.00881 e. The molecule has 1 rings (SSSR count).